The number of benzene rings is 1. The summed E-state index contributed by atoms with van der Waals surface area (Å²) in [7, 11) is 0. The van der Waals surface area contributed by atoms with Crippen LogP contribution in [-0.2, 0) is 19.4 Å². The molecule has 1 aromatic carbocycles. The second-order valence-corrected chi connectivity index (χ2v) is 6.04. The summed E-state index contributed by atoms with van der Waals surface area (Å²) in [5.41, 5.74) is 3.25. The summed E-state index contributed by atoms with van der Waals surface area (Å²) in [6.07, 6.45) is 5.19. The first-order chi connectivity index (χ1) is 10.2. The molecular weight excluding hydrogens is 284 g/mol. The molecule has 0 bridgehead atoms. The predicted molar refractivity (Wildman–Crippen MR) is 83.8 cm³/mol. The van der Waals surface area contributed by atoms with Crippen LogP contribution in [0.4, 0.5) is 0 Å². The fourth-order valence-corrected chi connectivity index (χ4v) is 3.34. The van der Waals surface area contributed by atoms with Crippen LogP contribution in [0.3, 0.4) is 0 Å². The number of hydrogen-bond acceptors (Lipinski definition) is 2. The molecule has 0 saturated carbocycles. The standard InChI is InChI=1S/C17H19ClN2O/c1-2-9-20-16(15(18)11-19-20)17(21)14-8-7-12-5-3-4-6-13(12)10-14/h3-6,11,14H,2,7-10H2,1H3. The van der Waals surface area contributed by atoms with Crippen molar-refractivity contribution >= 4 is 17.4 Å². The Balaban J connectivity index is 1.85. The molecule has 1 unspecified atom stereocenters. The Morgan fingerprint density at radius 2 is 2.14 bits per heavy atom. The predicted octanol–water partition coefficient (Wildman–Crippen LogP) is 3.93. The number of rotatable bonds is 4. The maximum absolute atomic E-state index is 12.8. The van der Waals surface area contributed by atoms with Gasteiger partial charge in [0.05, 0.1) is 11.2 Å². The SMILES string of the molecule is CCCn1ncc(Cl)c1C(=O)C1CCc2ccccc2C1. The molecule has 0 fully saturated rings. The normalized spacial score (nSPS) is 17.5. The summed E-state index contributed by atoms with van der Waals surface area (Å²) >= 11 is 6.19. The van der Waals surface area contributed by atoms with Crippen molar-refractivity contribution in [2.75, 3.05) is 0 Å². The molecule has 2 aromatic rings. The second kappa shape index (κ2) is 6.02. The zero-order valence-corrected chi connectivity index (χ0v) is 12.9. The molecule has 0 saturated heterocycles. The Morgan fingerprint density at radius 1 is 1.38 bits per heavy atom. The van der Waals surface area contributed by atoms with Gasteiger partial charge in [-0.1, -0.05) is 42.8 Å². The third-order valence-electron chi connectivity index (χ3n) is 4.18. The van der Waals surface area contributed by atoms with E-state index in [2.05, 4.69) is 30.2 Å². The minimum atomic E-state index is 0.0182. The summed E-state index contributed by atoms with van der Waals surface area (Å²) in [6, 6.07) is 8.39. The topological polar surface area (TPSA) is 34.9 Å². The van der Waals surface area contributed by atoms with Gasteiger partial charge >= 0.3 is 0 Å². The lowest BCUT2D eigenvalue weighted by molar-refractivity contribution is 0.0897. The van der Waals surface area contributed by atoms with Crippen LogP contribution in [0.1, 0.15) is 41.4 Å². The Labute approximate surface area is 129 Å². The van der Waals surface area contributed by atoms with E-state index in [0.717, 1.165) is 32.2 Å². The zero-order chi connectivity index (χ0) is 14.8. The number of carbonyl (C=O) groups is 1. The summed E-state index contributed by atoms with van der Waals surface area (Å²) in [5.74, 6) is 0.158. The van der Waals surface area contributed by atoms with Crippen LogP contribution in [0.15, 0.2) is 30.5 Å². The van der Waals surface area contributed by atoms with E-state index in [0.29, 0.717) is 10.7 Å². The minimum absolute atomic E-state index is 0.0182. The molecule has 0 N–H and O–H groups in total. The molecule has 1 heterocycles. The number of carbonyl (C=O) groups excluding carboxylic acids is 1. The van der Waals surface area contributed by atoms with Crippen molar-refractivity contribution in [2.45, 2.75) is 39.2 Å². The molecule has 3 nitrogen and oxygen atoms in total. The van der Waals surface area contributed by atoms with Crippen LogP contribution >= 0.6 is 11.6 Å². The molecule has 110 valence electrons. The highest BCUT2D eigenvalue weighted by Crippen LogP contribution is 2.29. The van der Waals surface area contributed by atoms with Gasteiger partial charge in [0.1, 0.15) is 5.69 Å². The van der Waals surface area contributed by atoms with E-state index in [1.165, 1.54) is 11.1 Å². The molecule has 21 heavy (non-hydrogen) atoms. The number of nitrogens with zero attached hydrogens (tertiary/aromatic N) is 2. The number of ketones is 1. The van der Waals surface area contributed by atoms with E-state index in [-0.39, 0.29) is 11.7 Å². The average molecular weight is 303 g/mol. The molecule has 3 rings (SSSR count). The Morgan fingerprint density at radius 3 is 2.90 bits per heavy atom. The number of hydrogen-bond donors (Lipinski definition) is 0. The van der Waals surface area contributed by atoms with Crippen molar-refractivity contribution in [1.82, 2.24) is 9.78 Å². The number of Topliss-reactive ketones (excluding diaryl/α,β-unsaturated/α-hetero) is 1. The first-order valence-corrected chi connectivity index (χ1v) is 7.90. The molecule has 0 aliphatic heterocycles. The van der Waals surface area contributed by atoms with Gasteiger partial charge in [-0.3, -0.25) is 9.48 Å². The highest BCUT2D eigenvalue weighted by molar-refractivity contribution is 6.33. The molecule has 4 heteroatoms. The van der Waals surface area contributed by atoms with Crippen LogP contribution in [0, 0.1) is 5.92 Å². The lowest BCUT2D eigenvalue weighted by Crippen LogP contribution is -2.25. The van der Waals surface area contributed by atoms with Gasteiger partial charge in [0.25, 0.3) is 0 Å². The maximum atomic E-state index is 12.8. The van der Waals surface area contributed by atoms with Crippen LogP contribution in [0.5, 0.6) is 0 Å². The highest BCUT2D eigenvalue weighted by atomic mass is 35.5. The minimum Gasteiger partial charge on any atom is -0.292 e. The molecule has 1 aliphatic carbocycles. The third-order valence-corrected chi connectivity index (χ3v) is 4.46. The third kappa shape index (κ3) is 2.75. The Bertz CT molecular complexity index is 663. The van der Waals surface area contributed by atoms with Gasteiger partial charge in [-0.25, -0.2) is 0 Å². The number of fused-ring (bicyclic) bond motifs is 1. The van der Waals surface area contributed by atoms with Gasteiger partial charge in [0, 0.05) is 12.5 Å². The Hall–Kier alpha value is -1.61. The van der Waals surface area contributed by atoms with E-state index in [1.54, 1.807) is 10.9 Å². The van der Waals surface area contributed by atoms with Crippen molar-refractivity contribution in [3.05, 3.63) is 52.3 Å². The van der Waals surface area contributed by atoms with Crippen LogP contribution in [0.25, 0.3) is 0 Å². The summed E-state index contributed by atoms with van der Waals surface area (Å²) in [4.78, 5) is 12.8. The summed E-state index contributed by atoms with van der Waals surface area (Å²) in [5, 5.41) is 4.71. The molecular formula is C17H19ClN2O. The lowest BCUT2D eigenvalue weighted by Gasteiger charge is -2.23. The van der Waals surface area contributed by atoms with Gasteiger partial charge in [-0.05, 0) is 36.8 Å². The summed E-state index contributed by atoms with van der Waals surface area (Å²) in [6.45, 7) is 2.80. The van der Waals surface area contributed by atoms with Crippen molar-refractivity contribution in [3.63, 3.8) is 0 Å². The van der Waals surface area contributed by atoms with Gasteiger partial charge in [-0.15, -0.1) is 0 Å². The van der Waals surface area contributed by atoms with Gasteiger partial charge in [-0.2, -0.15) is 5.10 Å². The molecule has 0 spiro atoms. The quantitative estimate of drug-likeness (QED) is 0.802. The first kappa shape index (κ1) is 14.3. The number of aryl methyl sites for hydroxylation is 2. The molecule has 1 aromatic heterocycles. The highest BCUT2D eigenvalue weighted by Gasteiger charge is 2.29. The zero-order valence-electron chi connectivity index (χ0n) is 12.2. The van der Waals surface area contributed by atoms with E-state index in [9.17, 15) is 4.79 Å². The van der Waals surface area contributed by atoms with Crippen LogP contribution in [-0.4, -0.2) is 15.6 Å². The smallest absolute Gasteiger partial charge is 0.185 e. The molecule has 1 aliphatic rings. The van der Waals surface area contributed by atoms with Crippen LogP contribution in [0.2, 0.25) is 5.02 Å². The monoisotopic (exact) mass is 302 g/mol. The number of halogens is 1. The Kier molecular flexibility index (Phi) is 4.11. The fourth-order valence-electron chi connectivity index (χ4n) is 3.10. The van der Waals surface area contributed by atoms with E-state index < -0.39 is 0 Å². The van der Waals surface area contributed by atoms with Crippen molar-refractivity contribution < 1.29 is 4.79 Å². The second-order valence-electron chi connectivity index (χ2n) is 5.64. The fraction of sp³-hybridized carbons (Fsp3) is 0.412. The van der Waals surface area contributed by atoms with Crippen molar-refractivity contribution in [2.24, 2.45) is 5.92 Å². The van der Waals surface area contributed by atoms with Gasteiger partial charge in [0.15, 0.2) is 5.78 Å². The first-order valence-electron chi connectivity index (χ1n) is 7.53. The van der Waals surface area contributed by atoms with Crippen LogP contribution < -0.4 is 0 Å². The van der Waals surface area contributed by atoms with E-state index in [4.69, 9.17) is 11.6 Å². The largest absolute Gasteiger partial charge is 0.292 e. The van der Waals surface area contributed by atoms with E-state index in [1.807, 2.05) is 6.07 Å². The summed E-state index contributed by atoms with van der Waals surface area (Å²) < 4.78 is 1.76. The molecule has 0 radical (unpaired) electrons. The maximum Gasteiger partial charge on any atom is 0.185 e. The van der Waals surface area contributed by atoms with E-state index >= 15 is 0 Å². The number of aromatic nitrogens is 2. The molecule has 0 amide bonds. The van der Waals surface area contributed by atoms with Gasteiger partial charge < -0.3 is 0 Å². The van der Waals surface area contributed by atoms with Gasteiger partial charge in [0.2, 0.25) is 0 Å². The lowest BCUT2D eigenvalue weighted by atomic mass is 9.81. The van der Waals surface area contributed by atoms with Crippen molar-refractivity contribution in [3.8, 4) is 0 Å². The molecule has 1 atom stereocenters. The van der Waals surface area contributed by atoms with Crippen molar-refractivity contribution in [1.29, 1.82) is 0 Å². The average Bonchev–Trinajstić information content (AvgIpc) is 2.87.